The zero-order chi connectivity index (χ0) is 8.10. The van der Waals surface area contributed by atoms with Crippen LogP contribution in [-0.2, 0) is 0 Å². The Labute approximate surface area is 69.2 Å². The molecule has 1 nitrogen and oxygen atoms in total. The van der Waals surface area contributed by atoms with Crippen LogP contribution in [0.5, 0.6) is 0 Å². The van der Waals surface area contributed by atoms with Gasteiger partial charge in [0.05, 0.1) is 0 Å². The molecule has 0 aliphatic heterocycles. The highest BCUT2D eigenvalue weighted by Gasteiger charge is 2.10. The number of allylic oxidation sites excluding steroid dienone is 1. The molecular formula is C10H17N. The van der Waals surface area contributed by atoms with Gasteiger partial charge in [-0.3, -0.25) is 4.99 Å². The Balaban J connectivity index is 2.29. The van der Waals surface area contributed by atoms with E-state index in [4.69, 9.17) is 0 Å². The molecule has 0 amide bonds. The van der Waals surface area contributed by atoms with Gasteiger partial charge in [0.2, 0.25) is 0 Å². The van der Waals surface area contributed by atoms with Gasteiger partial charge in [0.25, 0.3) is 0 Å². The lowest BCUT2D eigenvalue weighted by Crippen LogP contribution is -2.09. The second-order valence-electron chi connectivity index (χ2n) is 3.42. The van der Waals surface area contributed by atoms with Crippen LogP contribution >= 0.6 is 0 Å². The highest BCUT2D eigenvalue weighted by molar-refractivity contribution is 5.76. The third-order valence-corrected chi connectivity index (χ3v) is 2.08. The molecule has 0 bridgehead atoms. The summed E-state index contributed by atoms with van der Waals surface area (Å²) in [6, 6.07) is 0.598. The van der Waals surface area contributed by atoms with Crippen molar-refractivity contribution in [2.75, 3.05) is 0 Å². The van der Waals surface area contributed by atoms with Crippen LogP contribution in [0.4, 0.5) is 0 Å². The highest BCUT2D eigenvalue weighted by Crippen LogP contribution is 2.19. The summed E-state index contributed by atoms with van der Waals surface area (Å²) in [5, 5.41) is 0. The maximum absolute atomic E-state index is 4.46. The summed E-state index contributed by atoms with van der Waals surface area (Å²) in [7, 11) is 0. The van der Waals surface area contributed by atoms with Crippen molar-refractivity contribution < 1.29 is 0 Å². The Hall–Kier alpha value is -0.590. The zero-order valence-electron chi connectivity index (χ0n) is 7.34. The van der Waals surface area contributed by atoms with Gasteiger partial charge in [0.15, 0.2) is 0 Å². The number of aliphatic imine (C=N–C) groups is 1. The standard InChI is InChI=1S/C10H17N/c1-9(2)8-11-10-6-4-3-5-7-10/h8,10H,1,3-7H2,2H3. The first-order valence-corrected chi connectivity index (χ1v) is 4.48. The van der Waals surface area contributed by atoms with E-state index in [1.165, 1.54) is 32.1 Å². The number of rotatable bonds is 2. The first-order chi connectivity index (χ1) is 5.29. The van der Waals surface area contributed by atoms with E-state index in [1.807, 2.05) is 13.1 Å². The lowest BCUT2D eigenvalue weighted by atomic mass is 9.96. The number of hydrogen-bond donors (Lipinski definition) is 0. The minimum Gasteiger partial charge on any atom is -0.290 e. The molecule has 0 aromatic rings. The molecule has 0 N–H and O–H groups in total. The van der Waals surface area contributed by atoms with Crippen LogP contribution in [0, 0.1) is 0 Å². The fourth-order valence-corrected chi connectivity index (χ4v) is 1.46. The van der Waals surface area contributed by atoms with Crippen molar-refractivity contribution >= 4 is 6.21 Å². The molecule has 1 aliphatic rings. The number of nitrogens with zero attached hydrogens (tertiary/aromatic N) is 1. The first kappa shape index (κ1) is 8.51. The summed E-state index contributed by atoms with van der Waals surface area (Å²) in [4.78, 5) is 4.46. The summed E-state index contributed by atoms with van der Waals surface area (Å²) in [5.41, 5.74) is 1.07. The molecule has 1 fully saturated rings. The SMILES string of the molecule is C=C(C)C=NC1CCCCC1. The Morgan fingerprint density at radius 1 is 1.36 bits per heavy atom. The van der Waals surface area contributed by atoms with Crippen LogP contribution in [-0.4, -0.2) is 12.3 Å². The van der Waals surface area contributed by atoms with E-state index in [0.717, 1.165) is 5.57 Å². The molecule has 1 rings (SSSR count). The second kappa shape index (κ2) is 4.32. The molecule has 0 unspecified atom stereocenters. The maximum atomic E-state index is 4.46. The van der Waals surface area contributed by atoms with Crippen molar-refractivity contribution in [3.8, 4) is 0 Å². The van der Waals surface area contributed by atoms with Gasteiger partial charge < -0.3 is 0 Å². The predicted octanol–water partition coefficient (Wildman–Crippen LogP) is 2.97. The molecule has 1 aliphatic carbocycles. The van der Waals surface area contributed by atoms with E-state index in [0.29, 0.717) is 6.04 Å². The summed E-state index contributed by atoms with van der Waals surface area (Å²) in [6.45, 7) is 5.78. The Kier molecular flexibility index (Phi) is 3.34. The van der Waals surface area contributed by atoms with Crippen LogP contribution < -0.4 is 0 Å². The van der Waals surface area contributed by atoms with E-state index in [9.17, 15) is 0 Å². The van der Waals surface area contributed by atoms with Gasteiger partial charge in [0, 0.05) is 12.3 Å². The molecule has 0 saturated heterocycles. The van der Waals surface area contributed by atoms with Gasteiger partial charge in [-0.25, -0.2) is 0 Å². The lowest BCUT2D eigenvalue weighted by molar-refractivity contribution is 0.444. The van der Waals surface area contributed by atoms with E-state index in [1.54, 1.807) is 0 Å². The van der Waals surface area contributed by atoms with Crippen molar-refractivity contribution in [3.05, 3.63) is 12.2 Å². The molecule has 11 heavy (non-hydrogen) atoms. The van der Waals surface area contributed by atoms with Gasteiger partial charge in [-0.05, 0) is 25.3 Å². The highest BCUT2D eigenvalue weighted by atomic mass is 14.8. The van der Waals surface area contributed by atoms with Crippen molar-refractivity contribution in [3.63, 3.8) is 0 Å². The van der Waals surface area contributed by atoms with Crippen LogP contribution in [0.3, 0.4) is 0 Å². The first-order valence-electron chi connectivity index (χ1n) is 4.48. The maximum Gasteiger partial charge on any atom is 0.0499 e. The average Bonchev–Trinajstić information content (AvgIpc) is 2.03. The summed E-state index contributed by atoms with van der Waals surface area (Å²) >= 11 is 0. The molecule has 0 spiro atoms. The second-order valence-corrected chi connectivity index (χ2v) is 3.42. The van der Waals surface area contributed by atoms with E-state index >= 15 is 0 Å². The molecule has 1 heteroatoms. The van der Waals surface area contributed by atoms with Crippen LogP contribution in [0.2, 0.25) is 0 Å². The Morgan fingerprint density at radius 2 is 2.00 bits per heavy atom. The summed E-state index contributed by atoms with van der Waals surface area (Å²) < 4.78 is 0. The van der Waals surface area contributed by atoms with E-state index in [2.05, 4.69) is 11.6 Å². The molecule has 62 valence electrons. The zero-order valence-corrected chi connectivity index (χ0v) is 7.34. The van der Waals surface area contributed by atoms with E-state index < -0.39 is 0 Å². The van der Waals surface area contributed by atoms with Gasteiger partial charge in [-0.1, -0.05) is 25.8 Å². The summed E-state index contributed by atoms with van der Waals surface area (Å²) in [6.07, 6.45) is 8.60. The van der Waals surface area contributed by atoms with Crippen molar-refractivity contribution in [2.45, 2.75) is 45.1 Å². The van der Waals surface area contributed by atoms with Crippen LogP contribution in [0.15, 0.2) is 17.1 Å². The van der Waals surface area contributed by atoms with Gasteiger partial charge in [-0.15, -0.1) is 0 Å². The molecule has 0 radical (unpaired) electrons. The van der Waals surface area contributed by atoms with E-state index in [-0.39, 0.29) is 0 Å². The lowest BCUT2D eigenvalue weighted by Gasteiger charge is -2.16. The van der Waals surface area contributed by atoms with Gasteiger partial charge in [-0.2, -0.15) is 0 Å². The number of hydrogen-bond acceptors (Lipinski definition) is 1. The minimum absolute atomic E-state index is 0.598. The van der Waals surface area contributed by atoms with Gasteiger partial charge >= 0.3 is 0 Å². The normalized spacial score (nSPS) is 20.8. The van der Waals surface area contributed by atoms with Gasteiger partial charge in [0.1, 0.15) is 0 Å². The summed E-state index contributed by atoms with van der Waals surface area (Å²) in [5.74, 6) is 0. The average molecular weight is 151 g/mol. The smallest absolute Gasteiger partial charge is 0.0499 e. The Bertz CT molecular complexity index is 152. The predicted molar refractivity (Wildman–Crippen MR) is 50.2 cm³/mol. The van der Waals surface area contributed by atoms with Crippen molar-refractivity contribution in [2.24, 2.45) is 4.99 Å². The minimum atomic E-state index is 0.598. The monoisotopic (exact) mass is 151 g/mol. The molecule has 1 saturated carbocycles. The molecule has 0 aromatic heterocycles. The van der Waals surface area contributed by atoms with Crippen molar-refractivity contribution in [1.82, 2.24) is 0 Å². The molecule has 0 aromatic carbocycles. The third-order valence-electron chi connectivity index (χ3n) is 2.08. The fraction of sp³-hybridized carbons (Fsp3) is 0.700. The largest absolute Gasteiger partial charge is 0.290 e. The quantitative estimate of drug-likeness (QED) is 0.538. The topological polar surface area (TPSA) is 12.4 Å². The molecular weight excluding hydrogens is 134 g/mol. The fourth-order valence-electron chi connectivity index (χ4n) is 1.46. The molecule has 0 atom stereocenters. The van der Waals surface area contributed by atoms with Crippen LogP contribution in [0.1, 0.15) is 39.0 Å². The van der Waals surface area contributed by atoms with Crippen LogP contribution in [0.25, 0.3) is 0 Å². The third kappa shape index (κ3) is 3.35. The molecule has 0 heterocycles. The van der Waals surface area contributed by atoms with Crippen molar-refractivity contribution in [1.29, 1.82) is 0 Å². The Morgan fingerprint density at radius 3 is 2.55 bits per heavy atom.